The average molecular weight is 249 g/mol. The first kappa shape index (κ1) is 13.6. The summed E-state index contributed by atoms with van der Waals surface area (Å²) in [7, 11) is 0. The molecule has 0 bridgehead atoms. The molecule has 1 aromatic heterocycles. The second-order valence-corrected chi connectivity index (χ2v) is 6.10. The lowest BCUT2D eigenvalue weighted by Gasteiger charge is -2.33. The molecule has 18 heavy (non-hydrogen) atoms. The van der Waals surface area contributed by atoms with Crippen molar-refractivity contribution in [1.29, 1.82) is 0 Å². The maximum Gasteiger partial charge on any atom is 0.0628 e. The minimum Gasteiger partial charge on any atom is -0.327 e. The van der Waals surface area contributed by atoms with Gasteiger partial charge in [-0.1, -0.05) is 13.3 Å². The van der Waals surface area contributed by atoms with Gasteiger partial charge in [-0.3, -0.25) is 4.68 Å². The van der Waals surface area contributed by atoms with Gasteiger partial charge in [0.25, 0.3) is 0 Å². The van der Waals surface area contributed by atoms with E-state index in [1.807, 2.05) is 4.68 Å². The summed E-state index contributed by atoms with van der Waals surface area (Å²) in [5.74, 6) is 1.50. The van der Waals surface area contributed by atoms with Crippen molar-refractivity contribution in [2.45, 2.75) is 65.0 Å². The fourth-order valence-corrected chi connectivity index (χ4v) is 3.03. The first-order valence-electron chi connectivity index (χ1n) is 7.39. The Morgan fingerprint density at radius 3 is 2.83 bits per heavy atom. The summed E-state index contributed by atoms with van der Waals surface area (Å²) in [6.45, 7) is 6.62. The molecule has 0 amide bonds. The predicted molar refractivity (Wildman–Crippen MR) is 75.4 cm³/mol. The van der Waals surface area contributed by atoms with Crippen molar-refractivity contribution >= 4 is 0 Å². The van der Waals surface area contributed by atoms with Gasteiger partial charge >= 0.3 is 0 Å². The molecule has 0 saturated heterocycles. The highest BCUT2D eigenvalue weighted by molar-refractivity contribution is 5.02. The Balaban J connectivity index is 1.98. The van der Waals surface area contributed by atoms with E-state index in [4.69, 9.17) is 5.73 Å². The molecule has 3 heteroatoms. The summed E-state index contributed by atoms with van der Waals surface area (Å²) in [4.78, 5) is 0. The highest BCUT2D eigenvalue weighted by atomic mass is 15.3. The van der Waals surface area contributed by atoms with Crippen molar-refractivity contribution in [3.8, 4) is 0 Å². The third-order valence-electron chi connectivity index (χ3n) is 4.39. The SMILES string of the molecule is CCC1CCC(N)C(Cc2ccn(C(C)C)n2)C1. The Hall–Kier alpha value is -0.830. The molecule has 1 heterocycles. The molecule has 2 N–H and O–H groups in total. The largest absolute Gasteiger partial charge is 0.327 e. The van der Waals surface area contributed by atoms with Gasteiger partial charge in [-0.05, 0) is 57.4 Å². The van der Waals surface area contributed by atoms with Gasteiger partial charge in [-0.2, -0.15) is 5.10 Å². The van der Waals surface area contributed by atoms with Crippen LogP contribution in [0.5, 0.6) is 0 Å². The van der Waals surface area contributed by atoms with Gasteiger partial charge in [0.1, 0.15) is 0 Å². The summed E-state index contributed by atoms with van der Waals surface area (Å²) < 4.78 is 2.04. The monoisotopic (exact) mass is 249 g/mol. The van der Waals surface area contributed by atoms with Gasteiger partial charge in [0, 0.05) is 18.3 Å². The quantitative estimate of drug-likeness (QED) is 0.890. The molecule has 102 valence electrons. The van der Waals surface area contributed by atoms with E-state index >= 15 is 0 Å². The third kappa shape index (κ3) is 3.14. The Labute approximate surface area is 111 Å². The van der Waals surface area contributed by atoms with Crippen LogP contribution >= 0.6 is 0 Å². The van der Waals surface area contributed by atoms with Crippen LogP contribution in [0.2, 0.25) is 0 Å². The van der Waals surface area contributed by atoms with Gasteiger partial charge in [0.2, 0.25) is 0 Å². The van der Waals surface area contributed by atoms with Gasteiger partial charge in [-0.25, -0.2) is 0 Å². The van der Waals surface area contributed by atoms with E-state index in [0.717, 1.165) is 12.3 Å². The minimum atomic E-state index is 0.372. The lowest BCUT2D eigenvalue weighted by atomic mass is 9.75. The van der Waals surface area contributed by atoms with Crippen molar-refractivity contribution in [2.75, 3.05) is 0 Å². The van der Waals surface area contributed by atoms with E-state index in [9.17, 15) is 0 Å². The normalized spacial score (nSPS) is 28.8. The lowest BCUT2D eigenvalue weighted by Crippen LogP contribution is -2.37. The Morgan fingerprint density at radius 2 is 2.22 bits per heavy atom. The minimum absolute atomic E-state index is 0.372. The summed E-state index contributed by atoms with van der Waals surface area (Å²) >= 11 is 0. The lowest BCUT2D eigenvalue weighted by molar-refractivity contribution is 0.225. The van der Waals surface area contributed by atoms with Crippen molar-refractivity contribution in [3.63, 3.8) is 0 Å². The molecule has 3 unspecified atom stereocenters. The fraction of sp³-hybridized carbons (Fsp3) is 0.800. The zero-order valence-corrected chi connectivity index (χ0v) is 12.0. The number of nitrogens with two attached hydrogens (primary N) is 1. The van der Waals surface area contributed by atoms with E-state index in [-0.39, 0.29) is 0 Å². The van der Waals surface area contributed by atoms with Crippen LogP contribution in [0.1, 0.15) is 58.2 Å². The second-order valence-electron chi connectivity index (χ2n) is 6.10. The third-order valence-corrected chi connectivity index (χ3v) is 4.39. The summed E-state index contributed by atoms with van der Waals surface area (Å²) in [6, 6.07) is 2.97. The predicted octanol–water partition coefficient (Wildman–Crippen LogP) is 3.16. The van der Waals surface area contributed by atoms with E-state index < -0.39 is 0 Å². The fourth-order valence-electron chi connectivity index (χ4n) is 3.03. The molecular formula is C15H27N3. The van der Waals surface area contributed by atoms with Gasteiger partial charge in [-0.15, -0.1) is 0 Å². The Kier molecular flexibility index (Phi) is 4.44. The van der Waals surface area contributed by atoms with Crippen molar-refractivity contribution in [2.24, 2.45) is 17.6 Å². The zero-order chi connectivity index (χ0) is 13.1. The van der Waals surface area contributed by atoms with Gasteiger partial charge in [0.05, 0.1) is 5.69 Å². The molecule has 1 aliphatic rings. The van der Waals surface area contributed by atoms with E-state index in [0.29, 0.717) is 18.0 Å². The van der Waals surface area contributed by atoms with E-state index in [1.54, 1.807) is 0 Å². The molecule has 3 nitrogen and oxygen atoms in total. The highest BCUT2D eigenvalue weighted by Gasteiger charge is 2.27. The second kappa shape index (κ2) is 5.87. The highest BCUT2D eigenvalue weighted by Crippen LogP contribution is 2.32. The number of hydrogen-bond acceptors (Lipinski definition) is 2. The number of hydrogen-bond donors (Lipinski definition) is 1. The number of rotatable bonds is 4. The maximum atomic E-state index is 6.28. The molecule has 1 saturated carbocycles. The molecule has 1 aromatic rings. The molecule has 3 atom stereocenters. The molecular weight excluding hydrogens is 222 g/mol. The number of nitrogens with zero attached hydrogens (tertiary/aromatic N) is 2. The summed E-state index contributed by atoms with van der Waals surface area (Å²) in [6.07, 6.45) is 8.22. The smallest absolute Gasteiger partial charge is 0.0628 e. The molecule has 1 aliphatic carbocycles. The van der Waals surface area contributed by atoms with Gasteiger partial charge in [0.15, 0.2) is 0 Å². The van der Waals surface area contributed by atoms with Crippen molar-refractivity contribution in [1.82, 2.24) is 9.78 Å². The van der Waals surface area contributed by atoms with Crippen LogP contribution in [-0.2, 0) is 6.42 Å². The molecule has 1 fully saturated rings. The Bertz CT molecular complexity index is 370. The van der Waals surface area contributed by atoms with Crippen molar-refractivity contribution in [3.05, 3.63) is 18.0 Å². The summed E-state index contributed by atoms with van der Waals surface area (Å²) in [5.41, 5.74) is 7.48. The molecule has 0 radical (unpaired) electrons. The average Bonchev–Trinajstić information content (AvgIpc) is 2.81. The van der Waals surface area contributed by atoms with Crippen LogP contribution in [-0.4, -0.2) is 15.8 Å². The van der Waals surface area contributed by atoms with Crippen molar-refractivity contribution < 1.29 is 0 Å². The molecule has 0 aromatic carbocycles. The zero-order valence-electron chi connectivity index (χ0n) is 12.0. The molecule has 2 rings (SSSR count). The topological polar surface area (TPSA) is 43.8 Å². The van der Waals surface area contributed by atoms with Crippen LogP contribution in [0, 0.1) is 11.8 Å². The van der Waals surface area contributed by atoms with Crippen LogP contribution < -0.4 is 5.73 Å². The van der Waals surface area contributed by atoms with Crippen LogP contribution in [0.4, 0.5) is 0 Å². The molecule has 0 spiro atoms. The van der Waals surface area contributed by atoms with E-state index in [1.165, 1.54) is 31.4 Å². The first-order chi connectivity index (χ1) is 8.60. The van der Waals surface area contributed by atoms with Crippen LogP contribution in [0.15, 0.2) is 12.3 Å². The first-order valence-corrected chi connectivity index (χ1v) is 7.39. The maximum absolute atomic E-state index is 6.28. The Morgan fingerprint density at radius 1 is 1.44 bits per heavy atom. The van der Waals surface area contributed by atoms with E-state index in [2.05, 4.69) is 38.1 Å². The molecule has 0 aliphatic heterocycles. The summed E-state index contributed by atoms with van der Waals surface area (Å²) in [5, 5.41) is 4.65. The van der Waals surface area contributed by atoms with Crippen LogP contribution in [0.25, 0.3) is 0 Å². The standard InChI is InChI=1S/C15H27N3/c1-4-12-5-6-15(16)13(9-12)10-14-7-8-18(17-14)11(2)3/h7-8,11-13,15H,4-6,9-10,16H2,1-3H3. The van der Waals surface area contributed by atoms with Gasteiger partial charge < -0.3 is 5.73 Å². The number of aromatic nitrogens is 2. The van der Waals surface area contributed by atoms with Crippen LogP contribution in [0.3, 0.4) is 0 Å².